The lowest BCUT2D eigenvalue weighted by molar-refractivity contribution is 0.0695. The van der Waals surface area contributed by atoms with Crippen molar-refractivity contribution in [3.05, 3.63) is 34.0 Å². The normalized spacial score (nSPS) is 22.3. The van der Waals surface area contributed by atoms with Gasteiger partial charge in [-0.15, -0.1) is 11.3 Å². The van der Waals surface area contributed by atoms with Crippen LogP contribution in [0, 0.1) is 11.8 Å². The second-order valence-electron chi connectivity index (χ2n) is 5.74. The van der Waals surface area contributed by atoms with Gasteiger partial charge in [0.15, 0.2) is 0 Å². The van der Waals surface area contributed by atoms with Crippen LogP contribution in [0.2, 0.25) is 0 Å². The van der Waals surface area contributed by atoms with Gasteiger partial charge >= 0.3 is 0 Å². The summed E-state index contributed by atoms with van der Waals surface area (Å²) in [6, 6.07) is 4.43. The number of nitrogens with one attached hydrogen (secondary N) is 1. The zero-order valence-corrected chi connectivity index (χ0v) is 13.5. The molecule has 0 aromatic carbocycles. The van der Waals surface area contributed by atoms with Crippen molar-refractivity contribution in [2.24, 2.45) is 11.8 Å². The Balaban J connectivity index is 1.67. The van der Waals surface area contributed by atoms with Crippen molar-refractivity contribution in [1.82, 2.24) is 5.32 Å². The lowest BCUT2D eigenvalue weighted by Gasteiger charge is -2.24. The van der Waals surface area contributed by atoms with Gasteiger partial charge < -0.3 is 10.1 Å². The van der Waals surface area contributed by atoms with Gasteiger partial charge in [0.05, 0.1) is 13.2 Å². The van der Waals surface area contributed by atoms with E-state index < -0.39 is 0 Å². The van der Waals surface area contributed by atoms with Crippen LogP contribution in [-0.2, 0) is 17.9 Å². The summed E-state index contributed by atoms with van der Waals surface area (Å²) in [6.45, 7) is 8.28. The molecule has 0 fully saturated rings. The van der Waals surface area contributed by atoms with E-state index in [9.17, 15) is 0 Å². The predicted octanol–water partition coefficient (Wildman–Crippen LogP) is 4.37. The monoisotopic (exact) mass is 293 g/mol. The van der Waals surface area contributed by atoms with E-state index in [0.717, 1.165) is 32.2 Å². The zero-order chi connectivity index (χ0) is 14.2. The van der Waals surface area contributed by atoms with E-state index in [0.29, 0.717) is 5.92 Å². The fraction of sp³-hybridized carbons (Fsp3) is 0.647. The molecule has 0 radical (unpaired) electrons. The maximum Gasteiger partial charge on any atom is 0.0809 e. The topological polar surface area (TPSA) is 21.3 Å². The van der Waals surface area contributed by atoms with E-state index in [1.54, 1.807) is 0 Å². The van der Waals surface area contributed by atoms with Crippen molar-refractivity contribution < 1.29 is 4.74 Å². The minimum Gasteiger partial charge on any atom is -0.376 e. The van der Waals surface area contributed by atoms with Crippen molar-refractivity contribution in [2.75, 3.05) is 13.2 Å². The number of thiophene rings is 1. The first-order valence-electron chi connectivity index (χ1n) is 7.80. The molecule has 1 heterocycles. The van der Waals surface area contributed by atoms with Gasteiger partial charge in [-0.1, -0.05) is 26.0 Å². The first-order valence-corrected chi connectivity index (χ1v) is 8.62. The third-order valence-electron chi connectivity index (χ3n) is 3.94. The van der Waals surface area contributed by atoms with Crippen LogP contribution in [0.5, 0.6) is 0 Å². The van der Waals surface area contributed by atoms with Crippen molar-refractivity contribution >= 4 is 11.3 Å². The van der Waals surface area contributed by atoms with Crippen LogP contribution in [0.4, 0.5) is 0 Å². The average Bonchev–Trinajstić information content (AvgIpc) is 2.89. The van der Waals surface area contributed by atoms with Gasteiger partial charge in [-0.2, -0.15) is 0 Å². The Morgan fingerprint density at radius 1 is 1.25 bits per heavy atom. The van der Waals surface area contributed by atoms with Crippen molar-refractivity contribution in [2.45, 2.75) is 46.3 Å². The molecule has 2 rings (SSSR count). The minimum absolute atomic E-state index is 0.700. The van der Waals surface area contributed by atoms with Gasteiger partial charge in [0.2, 0.25) is 0 Å². The van der Waals surface area contributed by atoms with Gasteiger partial charge in [0.1, 0.15) is 0 Å². The van der Waals surface area contributed by atoms with E-state index in [1.165, 1.54) is 29.0 Å². The van der Waals surface area contributed by atoms with Gasteiger partial charge in [-0.05, 0) is 49.8 Å². The molecule has 1 aliphatic rings. The molecule has 3 heteroatoms. The molecule has 112 valence electrons. The highest BCUT2D eigenvalue weighted by molar-refractivity contribution is 7.11. The van der Waals surface area contributed by atoms with Gasteiger partial charge in [-0.3, -0.25) is 0 Å². The molecule has 1 N–H and O–H groups in total. The molecule has 1 aromatic rings. The lowest BCUT2D eigenvalue weighted by Crippen LogP contribution is -2.19. The molecule has 2 nitrogen and oxygen atoms in total. The van der Waals surface area contributed by atoms with E-state index in [1.807, 2.05) is 11.3 Å². The summed E-state index contributed by atoms with van der Waals surface area (Å²) in [5, 5.41) is 3.44. The van der Waals surface area contributed by atoms with E-state index in [-0.39, 0.29) is 0 Å². The standard InChI is InChI=1S/C17H27NOS/c1-3-10-18-11-16-8-9-17(20-16)13-19-12-15-7-5-4-6-14(15)2/h4-5,8-9,14-15,18H,3,6-7,10-13H2,1-2H3. The fourth-order valence-electron chi connectivity index (χ4n) is 2.53. The fourth-order valence-corrected chi connectivity index (χ4v) is 3.46. The molecule has 2 atom stereocenters. The molecule has 0 amide bonds. The third kappa shape index (κ3) is 5.04. The Bertz CT molecular complexity index is 413. The van der Waals surface area contributed by atoms with Gasteiger partial charge in [0.25, 0.3) is 0 Å². The van der Waals surface area contributed by atoms with Crippen molar-refractivity contribution in [3.63, 3.8) is 0 Å². The maximum atomic E-state index is 5.92. The first-order chi connectivity index (χ1) is 9.79. The first kappa shape index (κ1) is 15.7. The molecule has 2 unspecified atom stereocenters. The maximum absolute atomic E-state index is 5.92. The molecule has 0 bridgehead atoms. The summed E-state index contributed by atoms with van der Waals surface area (Å²) in [6.07, 6.45) is 8.18. The Kier molecular flexibility index (Phi) is 6.77. The second kappa shape index (κ2) is 8.60. The van der Waals surface area contributed by atoms with Crippen LogP contribution in [0.1, 0.15) is 42.9 Å². The van der Waals surface area contributed by atoms with Crippen LogP contribution in [-0.4, -0.2) is 13.2 Å². The molecule has 1 aliphatic carbocycles. The smallest absolute Gasteiger partial charge is 0.0809 e. The molecule has 20 heavy (non-hydrogen) atoms. The lowest BCUT2D eigenvalue weighted by atomic mass is 9.85. The van der Waals surface area contributed by atoms with Gasteiger partial charge in [-0.25, -0.2) is 0 Å². The Labute approximate surface area is 127 Å². The zero-order valence-electron chi connectivity index (χ0n) is 12.7. The van der Waals surface area contributed by atoms with Crippen LogP contribution < -0.4 is 5.32 Å². The highest BCUT2D eigenvalue weighted by Gasteiger charge is 2.18. The predicted molar refractivity (Wildman–Crippen MR) is 87.0 cm³/mol. The van der Waals surface area contributed by atoms with Crippen molar-refractivity contribution in [3.8, 4) is 0 Å². The van der Waals surface area contributed by atoms with E-state index in [2.05, 4.69) is 43.4 Å². The number of rotatable bonds is 8. The third-order valence-corrected chi connectivity index (χ3v) is 5.00. The van der Waals surface area contributed by atoms with Crippen molar-refractivity contribution in [1.29, 1.82) is 0 Å². The van der Waals surface area contributed by atoms with Crippen LogP contribution >= 0.6 is 11.3 Å². The quantitative estimate of drug-likeness (QED) is 0.568. The SMILES string of the molecule is CCCNCc1ccc(COCC2CC=CCC2C)s1. The summed E-state index contributed by atoms with van der Waals surface area (Å²) in [4.78, 5) is 2.75. The molecule has 0 saturated carbocycles. The second-order valence-corrected chi connectivity index (χ2v) is 6.99. The molecular weight excluding hydrogens is 266 g/mol. The molecule has 1 aromatic heterocycles. The number of hydrogen-bond acceptors (Lipinski definition) is 3. The minimum atomic E-state index is 0.700. The summed E-state index contributed by atoms with van der Waals surface area (Å²) >= 11 is 1.87. The highest BCUT2D eigenvalue weighted by atomic mass is 32.1. The van der Waals surface area contributed by atoms with Crippen LogP contribution in [0.15, 0.2) is 24.3 Å². The summed E-state index contributed by atoms with van der Waals surface area (Å²) < 4.78 is 5.92. The Hall–Kier alpha value is -0.640. The van der Waals surface area contributed by atoms with E-state index in [4.69, 9.17) is 4.74 Å². The summed E-state index contributed by atoms with van der Waals surface area (Å²) in [7, 11) is 0. The van der Waals surface area contributed by atoms with Crippen LogP contribution in [0.3, 0.4) is 0 Å². The molecule has 0 saturated heterocycles. The van der Waals surface area contributed by atoms with Crippen LogP contribution in [0.25, 0.3) is 0 Å². The molecular formula is C17H27NOS. The summed E-state index contributed by atoms with van der Waals surface area (Å²) in [5.41, 5.74) is 0. The summed E-state index contributed by atoms with van der Waals surface area (Å²) in [5.74, 6) is 1.46. The molecule has 0 spiro atoms. The Morgan fingerprint density at radius 3 is 2.85 bits per heavy atom. The average molecular weight is 293 g/mol. The molecule has 0 aliphatic heterocycles. The largest absolute Gasteiger partial charge is 0.376 e. The number of hydrogen-bond donors (Lipinski definition) is 1. The Morgan fingerprint density at radius 2 is 2.05 bits per heavy atom. The number of ether oxygens (including phenoxy) is 1. The highest BCUT2D eigenvalue weighted by Crippen LogP contribution is 2.26. The van der Waals surface area contributed by atoms with E-state index >= 15 is 0 Å². The number of allylic oxidation sites excluding steroid dienone is 2. The van der Waals surface area contributed by atoms with Gasteiger partial charge in [0, 0.05) is 16.3 Å².